The lowest BCUT2D eigenvalue weighted by Crippen LogP contribution is -2.11. The maximum Gasteiger partial charge on any atom is 0.250 e. The second-order valence-electron chi connectivity index (χ2n) is 3.92. The number of carbonyl (C=O) groups excluding carboxylic acids is 1. The van der Waals surface area contributed by atoms with Gasteiger partial charge in [0.25, 0.3) is 0 Å². The molecular weight excluding hydrogens is 268 g/mol. The predicted molar refractivity (Wildman–Crippen MR) is 76.4 cm³/mol. The number of aryl methyl sites for hydroxylation is 1. The fourth-order valence-electron chi connectivity index (χ4n) is 1.59. The SMILES string of the molecule is Cc1ccc(CNc2ccc(C(N)=O)c(Cl)c2)s1. The summed E-state index contributed by atoms with van der Waals surface area (Å²) >= 11 is 7.72. The van der Waals surface area contributed by atoms with Crippen LogP contribution >= 0.6 is 22.9 Å². The first kappa shape index (κ1) is 12.9. The number of carbonyl (C=O) groups is 1. The molecule has 5 heteroatoms. The van der Waals surface area contributed by atoms with Crippen LogP contribution in [0.4, 0.5) is 5.69 Å². The van der Waals surface area contributed by atoms with Crippen LogP contribution in [0.2, 0.25) is 5.02 Å². The Hall–Kier alpha value is -1.52. The van der Waals surface area contributed by atoms with Gasteiger partial charge in [-0.15, -0.1) is 11.3 Å². The number of hydrogen-bond acceptors (Lipinski definition) is 3. The lowest BCUT2D eigenvalue weighted by molar-refractivity contribution is 0.100. The quantitative estimate of drug-likeness (QED) is 0.902. The number of benzene rings is 1. The Kier molecular flexibility index (Phi) is 3.89. The van der Waals surface area contributed by atoms with Crippen molar-refractivity contribution in [3.63, 3.8) is 0 Å². The molecule has 0 aliphatic carbocycles. The Balaban J connectivity index is 2.06. The Morgan fingerprint density at radius 1 is 1.39 bits per heavy atom. The molecule has 0 fully saturated rings. The normalized spacial score (nSPS) is 10.3. The van der Waals surface area contributed by atoms with Crippen LogP contribution in [-0.2, 0) is 6.54 Å². The van der Waals surface area contributed by atoms with E-state index in [0.717, 1.165) is 12.2 Å². The number of thiophene rings is 1. The largest absolute Gasteiger partial charge is 0.380 e. The maximum atomic E-state index is 11.0. The number of rotatable bonds is 4. The molecule has 0 spiro atoms. The van der Waals surface area contributed by atoms with Gasteiger partial charge in [-0.2, -0.15) is 0 Å². The van der Waals surface area contributed by atoms with E-state index in [4.69, 9.17) is 17.3 Å². The van der Waals surface area contributed by atoms with E-state index in [-0.39, 0.29) is 0 Å². The third kappa shape index (κ3) is 3.03. The fraction of sp³-hybridized carbons (Fsp3) is 0.154. The van der Waals surface area contributed by atoms with Crippen LogP contribution in [0.15, 0.2) is 30.3 Å². The molecule has 1 amide bonds. The zero-order chi connectivity index (χ0) is 13.1. The predicted octanol–water partition coefficient (Wildman–Crippen LogP) is 3.42. The summed E-state index contributed by atoms with van der Waals surface area (Å²) in [5.41, 5.74) is 6.40. The summed E-state index contributed by atoms with van der Waals surface area (Å²) in [7, 11) is 0. The molecule has 0 bridgehead atoms. The highest BCUT2D eigenvalue weighted by molar-refractivity contribution is 7.11. The molecule has 3 N–H and O–H groups in total. The molecule has 2 aromatic rings. The van der Waals surface area contributed by atoms with Gasteiger partial charge in [-0.1, -0.05) is 11.6 Å². The van der Waals surface area contributed by atoms with Gasteiger partial charge in [-0.3, -0.25) is 4.79 Å². The van der Waals surface area contributed by atoms with Gasteiger partial charge < -0.3 is 11.1 Å². The lowest BCUT2D eigenvalue weighted by atomic mass is 10.2. The van der Waals surface area contributed by atoms with Gasteiger partial charge in [0.15, 0.2) is 0 Å². The molecule has 0 atom stereocenters. The highest BCUT2D eigenvalue weighted by Crippen LogP contribution is 2.22. The minimum Gasteiger partial charge on any atom is -0.380 e. The van der Waals surface area contributed by atoms with Gasteiger partial charge in [-0.25, -0.2) is 0 Å². The van der Waals surface area contributed by atoms with Crippen molar-refractivity contribution in [2.45, 2.75) is 13.5 Å². The number of nitrogens with two attached hydrogens (primary N) is 1. The molecule has 0 saturated carbocycles. The molecule has 0 unspecified atom stereocenters. The first-order chi connectivity index (χ1) is 8.56. The summed E-state index contributed by atoms with van der Waals surface area (Å²) in [4.78, 5) is 13.6. The zero-order valence-electron chi connectivity index (χ0n) is 9.87. The molecule has 0 aliphatic rings. The Morgan fingerprint density at radius 3 is 2.72 bits per heavy atom. The molecule has 2 rings (SSSR count). The van der Waals surface area contributed by atoms with Crippen molar-refractivity contribution in [1.82, 2.24) is 0 Å². The Labute approximate surface area is 115 Å². The molecule has 1 aromatic carbocycles. The molecule has 94 valence electrons. The molecule has 0 aliphatic heterocycles. The first-order valence-electron chi connectivity index (χ1n) is 5.45. The van der Waals surface area contributed by atoms with Gasteiger partial charge in [0.1, 0.15) is 0 Å². The number of halogens is 1. The Morgan fingerprint density at radius 2 is 2.17 bits per heavy atom. The van der Waals surface area contributed by atoms with Crippen LogP contribution in [0.5, 0.6) is 0 Å². The second kappa shape index (κ2) is 5.42. The molecular formula is C13H13ClN2OS. The molecule has 0 saturated heterocycles. The summed E-state index contributed by atoms with van der Waals surface area (Å²) in [5.74, 6) is -0.513. The number of amides is 1. The number of primary amides is 1. The average molecular weight is 281 g/mol. The van der Waals surface area contributed by atoms with Crippen LogP contribution < -0.4 is 11.1 Å². The van der Waals surface area contributed by atoms with E-state index in [0.29, 0.717) is 10.6 Å². The number of nitrogens with one attached hydrogen (secondary N) is 1. The fourth-order valence-corrected chi connectivity index (χ4v) is 2.70. The van der Waals surface area contributed by atoms with Crippen molar-refractivity contribution in [2.24, 2.45) is 5.73 Å². The van der Waals surface area contributed by atoms with Crippen LogP contribution in [0.25, 0.3) is 0 Å². The molecule has 1 aromatic heterocycles. The standard InChI is InChI=1S/C13H13ClN2OS/c1-8-2-4-10(18-8)7-16-9-3-5-11(13(15)17)12(14)6-9/h2-6,16H,7H2,1H3,(H2,15,17). The van der Waals surface area contributed by atoms with Crippen molar-refractivity contribution >= 4 is 34.5 Å². The molecule has 1 heterocycles. The van der Waals surface area contributed by atoms with E-state index < -0.39 is 5.91 Å². The lowest BCUT2D eigenvalue weighted by Gasteiger charge is -2.07. The van der Waals surface area contributed by atoms with Crippen molar-refractivity contribution in [3.8, 4) is 0 Å². The van der Waals surface area contributed by atoms with E-state index in [1.165, 1.54) is 9.75 Å². The smallest absolute Gasteiger partial charge is 0.250 e. The van der Waals surface area contributed by atoms with Crippen LogP contribution in [0.1, 0.15) is 20.1 Å². The van der Waals surface area contributed by atoms with Gasteiger partial charge in [0, 0.05) is 22.0 Å². The summed E-state index contributed by atoms with van der Waals surface area (Å²) in [6.45, 7) is 2.82. The Bertz CT molecular complexity index is 580. The van der Waals surface area contributed by atoms with E-state index in [1.807, 2.05) is 0 Å². The minimum atomic E-state index is -0.513. The van der Waals surface area contributed by atoms with Crippen molar-refractivity contribution in [2.75, 3.05) is 5.32 Å². The monoisotopic (exact) mass is 280 g/mol. The van der Waals surface area contributed by atoms with Crippen molar-refractivity contribution < 1.29 is 4.79 Å². The van der Waals surface area contributed by atoms with Crippen molar-refractivity contribution in [1.29, 1.82) is 0 Å². The zero-order valence-corrected chi connectivity index (χ0v) is 11.4. The van der Waals surface area contributed by atoms with Crippen LogP contribution in [0.3, 0.4) is 0 Å². The highest BCUT2D eigenvalue weighted by atomic mass is 35.5. The van der Waals surface area contributed by atoms with E-state index >= 15 is 0 Å². The summed E-state index contributed by atoms with van der Waals surface area (Å²) < 4.78 is 0. The third-order valence-corrected chi connectivity index (χ3v) is 3.81. The van der Waals surface area contributed by atoms with Gasteiger partial charge in [0.2, 0.25) is 5.91 Å². The van der Waals surface area contributed by atoms with E-state index in [9.17, 15) is 4.79 Å². The van der Waals surface area contributed by atoms with Gasteiger partial charge in [0.05, 0.1) is 10.6 Å². The minimum absolute atomic E-state index is 0.342. The maximum absolute atomic E-state index is 11.0. The molecule has 3 nitrogen and oxygen atoms in total. The highest BCUT2D eigenvalue weighted by Gasteiger charge is 2.07. The third-order valence-electron chi connectivity index (χ3n) is 2.50. The first-order valence-corrected chi connectivity index (χ1v) is 6.64. The van der Waals surface area contributed by atoms with E-state index in [2.05, 4.69) is 24.4 Å². The molecule has 0 radical (unpaired) electrons. The topological polar surface area (TPSA) is 55.1 Å². The van der Waals surface area contributed by atoms with Gasteiger partial charge in [-0.05, 0) is 37.3 Å². The summed E-state index contributed by atoms with van der Waals surface area (Å²) in [5, 5.41) is 3.63. The molecule has 18 heavy (non-hydrogen) atoms. The van der Waals surface area contributed by atoms with Crippen molar-refractivity contribution in [3.05, 3.63) is 50.7 Å². The van der Waals surface area contributed by atoms with E-state index in [1.54, 1.807) is 29.5 Å². The number of hydrogen-bond donors (Lipinski definition) is 2. The average Bonchev–Trinajstić information content (AvgIpc) is 2.72. The number of anilines is 1. The van der Waals surface area contributed by atoms with Crippen LogP contribution in [0, 0.1) is 6.92 Å². The van der Waals surface area contributed by atoms with Crippen LogP contribution in [-0.4, -0.2) is 5.91 Å². The summed E-state index contributed by atoms with van der Waals surface area (Å²) in [6, 6.07) is 9.32. The van der Waals surface area contributed by atoms with Gasteiger partial charge >= 0.3 is 0 Å². The summed E-state index contributed by atoms with van der Waals surface area (Å²) in [6.07, 6.45) is 0. The second-order valence-corrected chi connectivity index (χ2v) is 5.70.